The average molecular weight is 270 g/mol. The van der Waals surface area contributed by atoms with Crippen LogP contribution in [0.15, 0.2) is 0 Å². The fourth-order valence-electron chi connectivity index (χ4n) is 3.19. The summed E-state index contributed by atoms with van der Waals surface area (Å²) in [5, 5.41) is 4.66. The van der Waals surface area contributed by atoms with Crippen LogP contribution in [0.4, 0.5) is 0 Å². The average Bonchev–Trinajstić information content (AvgIpc) is 2.40. The standard InChI is InChI=1S/C15H30N2S/c1-4-13-10-16-15(3,5-2)12-17(13)11-14-8-6-7-9-18-14/h13-14,16H,4-12H2,1-3H3. The summed E-state index contributed by atoms with van der Waals surface area (Å²) in [6, 6.07) is 0.757. The van der Waals surface area contributed by atoms with Crippen molar-refractivity contribution in [1.29, 1.82) is 0 Å². The van der Waals surface area contributed by atoms with E-state index < -0.39 is 0 Å². The minimum atomic E-state index is 0.338. The molecule has 0 aliphatic carbocycles. The first-order valence-electron chi connectivity index (χ1n) is 7.77. The fraction of sp³-hybridized carbons (Fsp3) is 1.00. The molecule has 0 aromatic heterocycles. The normalized spacial score (nSPS) is 38.8. The molecular weight excluding hydrogens is 240 g/mol. The summed E-state index contributed by atoms with van der Waals surface area (Å²) in [6.45, 7) is 10.8. The molecule has 3 unspecified atom stereocenters. The Morgan fingerprint density at radius 3 is 2.78 bits per heavy atom. The summed E-state index contributed by atoms with van der Waals surface area (Å²) >= 11 is 2.22. The summed E-state index contributed by atoms with van der Waals surface area (Å²) < 4.78 is 0. The van der Waals surface area contributed by atoms with E-state index in [4.69, 9.17) is 0 Å². The van der Waals surface area contributed by atoms with Gasteiger partial charge in [-0.25, -0.2) is 0 Å². The first-order chi connectivity index (χ1) is 8.67. The number of nitrogens with one attached hydrogen (secondary N) is 1. The molecular formula is C15H30N2S. The maximum Gasteiger partial charge on any atom is 0.0278 e. The van der Waals surface area contributed by atoms with Gasteiger partial charge in [-0.3, -0.25) is 4.90 Å². The van der Waals surface area contributed by atoms with Crippen LogP contribution in [0.5, 0.6) is 0 Å². The zero-order valence-electron chi connectivity index (χ0n) is 12.4. The summed E-state index contributed by atoms with van der Waals surface area (Å²) in [6.07, 6.45) is 6.84. The van der Waals surface area contributed by atoms with Crippen LogP contribution < -0.4 is 5.32 Å². The van der Waals surface area contributed by atoms with Crippen LogP contribution in [-0.4, -0.2) is 47.1 Å². The number of nitrogens with zero attached hydrogens (tertiary/aromatic N) is 1. The minimum Gasteiger partial charge on any atom is -0.309 e. The highest BCUT2D eigenvalue weighted by Gasteiger charge is 2.34. The van der Waals surface area contributed by atoms with Crippen LogP contribution in [0, 0.1) is 0 Å². The molecule has 106 valence electrons. The van der Waals surface area contributed by atoms with Crippen LogP contribution in [0.3, 0.4) is 0 Å². The van der Waals surface area contributed by atoms with Gasteiger partial charge in [0.05, 0.1) is 0 Å². The predicted octanol–water partition coefficient (Wildman–Crippen LogP) is 3.12. The van der Waals surface area contributed by atoms with Crippen molar-refractivity contribution in [3.63, 3.8) is 0 Å². The number of rotatable bonds is 4. The molecule has 0 aromatic carbocycles. The maximum atomic E-state index is 3.76. The molecule has 2 nitrogen and oxygen atoms in total. The van der Waals surface area contributed by atoms with E-state index >= 15 is 0 Å². The zero-order chi connectivity index (χ0) is 13.0. The van der Waals surface area contributed by atoms with Crippen LogP contribution >= 0.6 is 11.8 Å². The fourth-order valence-corrected chi connectivity index (χ4v) is 4.53. The van der Waals surface area contributed by atoms with Crippen LogP contribution in [-0.2, 0) is 0 Å². The van der Waals surface area contributed by atoms with E-state index in [2.05, 4.69) is 42.7 Å². The van der Waals surface area contributed by atoms with E-state index in [1.807, 2.05) is 0 Å². The van der Waals surface area contributed by atoms with Gasteiger partial charge in [0.25, 0.3) is 0 Å². The molecule has 18 heavy (non-hydrogen) atoms. The number of hydrogen-bond acceptors (Lipinski definition) is 3. The predicted molar refractivity (Wildman–Crippen MR) is 82.4 cm³/mol. The quantitative estimate of drug-likeness (QED) is 0.845. The lowest BCUT2D eigenvalue weighted by Gasteiger charge is -2.47. The van der Waals surface area contributed by atoms with Crippen molar-refractivity contribution in [3.8, 4) is 0 Å². The van der Waals surface area contributed by atoms with Gasteiger partial charge in [-0.1, -0.05) is 20.3 Å². The zero-order valence-corrected chi connectivity index (χ0v) is 13.2. The first kappa shape index (κ1) is 14.7. The Balaban J connectivity index is 1.93. The van der Waals surface area contributed by atoms with Crippen molar-refractivity contribution in [2.24, 2.45) is 0 Å². The van der Waals surface area contributed by atoms with Gasteiger partial charge in [-0.2, -0.15) is 11.8 Å². The highest BCUT2D eigenvalue weighted by Crippen LogP contribution is 2.28. The summed E-state index contributed by atoms with van der Waals surface area (Å²) in [5.74, 6) is 1.39. The number of piperazine rings is 1. The van der Waals surface area contributed by atoms with Crippen molar-refractivity contribution in [2.45, 2.75) is 69.7 Å². The topological polar surface area (TPSA) is 15.3 Å². The largest absolute Gasteiger partial charge is 0.309 e. The van der Waals surface area contributed by atoms with E-state index in [1.165, 1.54) is 57.5 Å². The lowest BCUT2D eigenvalue weighted by molar-refractivity contribution is 0.0816. The molecule has 1 N–H and O–H groups in total. The molecule has 2 rings (SSSR count). The molecule has 0 radical (unpaired) electrons. The molecule has 2 aliphatic heterocycles. The lowest BCUT2D eigenvalue weighted by Crippen LogP contribution is -2.63. The molecule has 2 heterocycles. The highest BCUT2D eigenvalue weighted by molar-refractivity contribution is 7.99. The van der Waals surface area contributed by atoms with Crippen LogP contribution in [0.1, 0.15) is 52.9 Å². The molecule has 0 saturated carbocycles. The van der Waals surface area contributed by atoms with Crippen molar-refractivity contribution < 1.29 is 0 Å². The summed E-state index contributed by atoms with van der Waals surface area (Å²) in [4.78, 5) is 2.78. The Morgan fingerprint density at radius 2 is 2.17 bits per heavy atom. The first-order valence-corrected chi connectivity index (χ1v) is 8.82. The van der Waals surface area contributed by atoms with E-state index in [0.29, 0.717) is 5.54 Å². The Kier molecular flexibility index (Phi) is 5.40. The number of thioether (sulfide) groups is 1. The van der Waals surface area contributed by atoms with E-state index in [1.54, 1.807) is 0 Å². The Bertz CT molecular complexity index is 253. The van der Waals surface area contributed by atoms with Crippen molar-refractivity contribution in [1.82, 2.24) is 10.2 Å². The van der Waals surface area contributed by atoms with Crippen molar-refractivity contribution in [3.05, 3.63) is 0 Å². The van der Waals surface area contributed by atoms with E-state index in [0.717, 1.165) is 11.3 Å². The molecule has 3 atom stereocenters. The lowest BCUT2D eigenvalue weighted by atomic mass is 9.92. The highest BCUT2D eigenvalue weighted by atomic mass is 32.2. The van der Waals surface area contributed by atoms with E-state index in [-0.39, 0.29) is 0 Å². The van der Waals surface area contributed by atoms with Gasteiger partial charge in [-0.15, -0.1) is 0 Å². The van der Waals surface area contributed by atoms with Gasteiger partial charge < -0.3 is 5.32 Å². The van der Waals surface area contributed by atoms with E-state index in [9.17, 15) is 0 Å². The van der Waals surface area contributed by atoms with Crippen LogP contribution in [0.2, 0.25) is 0 Å². The molecule has 0 aromatic rings. The third-order valence-corrected chi connectivity index (χ3v) is 6.18. The van der Waals surface area contributed by atoms with Gasteiger partial charge in [0.2, 0.25) is 0 Å². The molecule has 2 aliphatic rings. The third kappa shape index (κ3) is 3.64. The van der Waals surface area contributed by atoms with Gasteiger partial charge in [0, 0.05) is 36.5 Å². The second-order valence-electron chi connectivity index (χ2n) is 6.28. The van der Waals surface area contributed by atoms with Crippen molar-refractivity contribution >= 4 is 11.8 Å². The Labute approximate surface area is 117 Å². The van der Waals surface area contributed by atoms with Gasteiger partial charge >= 0.3 is 0 Å². The summed E-state index contributed by atoms with van der Waals surface area (Å²) in [5.41, 5.74) is 0.338. The molecule has 0 spiro atoms. The SMILES string of the molecule is CCC1CNC(C)(CC)CN1CC1CCCCS1. The molecule has 0 bridgehead atoms. The molecule has 2 fully saturated rings. The third-order valence-electron chi connectivity index (χ3n) is 4.80. The van der Waals surface area contributed by atoms with Gasteiger partial charge in [0.1, 0.15) is 0 Å². The van der Waals surface area contributed by atoms with Crippen LogP contribution in [0.25, 0.3) is 0 Å². The molecule has 2 saturated heterocycles. The molecule has 0 amide bonds. The number of hydrogen-bond donors (Lipinski definition) is 1. The molecule has 3 heteroatoms. The van der Waals surface area contributed by atoms with Gasteiger partial charge in [0.15, 0.2) is 0 Å². The second kappa shape index (κ2) is 6.62. The van der Waals surface area contributed by atoms with Crippen molar-refractivity contribution in [2.75, 3.05) is 25.4 Å². The summed E-state index contributed by atoms with van der Waals surface area (Å²) in [7, 11) is 0. The minimum absolute atomic E-state index is 0.338. The maximum absolute atomic E-state index is 3.76. The Morgan fingerprint density at radius 1 is 1.33 bits per heavy atom. The Hall–Kier alpha value is 0.270. The second-order valence-corrected chi connectivity index (χ2v) is 7.68. The smallest absolute Gasteiger partial charge is 0.0278 e. The monoisotopic (exact) mass is 270 g/mol. The van der Waals surface area contributed by atoms with Gasteiger partial charge in [-0.05, 0) is 38.4 Å².